The van der Waals surface area contributed by atoms with Crippen molar-refractivity contribution in [2.45, 2.75) is 63.9 Å². The predicted octanol–water partition coefficient (Wildman–Crippen LogP) is 4.95. The van der Waals surface area contributed by atoms with Crippen LogP contribution in [0.2, 0.25) is 0 Å². The summed E-state index contributed by atoms with van der Waals surface area (Å²) in [6.45, 7) is 7.51. The Morgan fingerprint density at radius 1 is 0.846 bits per heavy atom. The molecule has 2 amide bonds. The number of hydrogen-bond acceptors (Lipinski definition) is 4. The van der Waals surface area contributed by atoms with Crippen molar-refractivity contribution in [3.63, 3.8) is 0 Å². The number of anilines is 1. The number of amides is 2. The normalized spacial score (nSPS) is 12.8. The Kier molecular flexibility index (Phi) is 10.7. The van der Waals surface area contributed by atoms with Gasteiger partial charge >= 0.3 is 0 Å². The van der Waals surface area contributed by atoms with Gasteiger partial charge in [-0.05, 0) is 62.9 Å². The molecule has 0 aliphatic rings. The number of sulfonamides is 1. The summed E-state index contributed by atoms with van der Waals surface area (Å²) < 4.78 is 28.8. The molecule has 0 heterocycles. The van der Waals surface area contributed by atoms with Gasteiger partial charge in [0.15, 0.2) is 0 Å². The summed E-state index contributed by atoms with van der Waals surface area (Å²) in [7, 11) is -4.06. The number of benzene rings is 3. The van der Waals surface area contributed by atoms with Crippen LogP contribution in [-0.4, -0.2) is 50.3 Å². The molecule has 3 aromatic carbocycles. The lowest BCUT2D eigenvalue weighted by molar-refractivity contribution is -0.139. The molecule has 2 unspecified atom stereocenters. The highest BCUT2D eigenvalue weighted by Crippen LogP contribution is 2.24. The second-order valence-electron chi connectivity index (χ2n) is 9.72. The number of carbonyl (C=O) groups excluding carboxylic acids is 2. The maximum absolute atomic E-state index is 14.0. The third-order valence-electron chi connectivity index (χ3n) is 6.80. The average molecular weight is 550 g/mol. The van der Waals surface area contributed by atoms with E-state index in [0.29, 0.717) is 18.5 Å². The number of para-hydroxylation sites is 1. The van der Waals surface area contributed by atoms with Crippen LogP contribution < -0.4 is 9.62 Å². The summed E-state index contributed by atoms with van der Waals surface area (Å²) >= 11 is 0. The zero-order valence-corrected chi connectivity index (χ0v) is 24.0. The fraction of sp³-hybridized carbons (Fsp3) is 0.355. The number of nitrogens with one attached hydrogen (secondary N) is 1. The lowest BCUT2D eigenvalue weighted by Crippen LogP contribution is -2.54. The molecule has 1 N–H and O–H groups in total. The molecule has 208 valence electrons. The highest BCUT2D eigenvalue weighted by molar-refractivity contribution is 7.92. The largest absolute Gasteiger partial charge is 0.352 e. The molecule has 0 aliphatic heterocycles. The topological polar surface area (TPSA) is 86.8 Å². The summed E-state index contributed by atoms with van der Waals surface area (Å²) in [5.41, 5.74) is 2.34. The van der Waals surface area contributed by atoms with Crippen molar-refractivity contribution in [1.82, 2.24) is 10.2 Å². The van der Waals surface area contributed by atoms with Gasteiger partial charge in [-0.25, -0.2) is 8.42 Å². The molecule has 2 atom stereocenters. The smallest absolute Gasteiger partial charge is 0.264 e. The van der Waals surface area contributed by atoms with Gasteiger partial charge in [0.25, 0.3) is 10.0 Å². The Hall–Kier alpha value is -3.65. The Morgan fingerprint density at radius 2 is 1.44 bits per heavy atom. The second-order valence-corrected chi connectivity index (χ2v) is 11.6. The molecule has 7 nitrogen and oxygen atoms in total. The lowest BCUT2D eigenvalue weighted by atomic mass is 10.1. The van der Waals surface area contributed by atoms with Gasteiger partial charge in [0.05, 0.1) is 10.6 Å². The van der Waals surface area contributed by atoms with Crippen LogP contribution in [0.3, 0.4) is 0 Å². The SMILES string of the molecule is CCC(C)NC(=O)C(CC)N(CCc1ccccc1)C(=O)CN(c1ccccc1)S(=O)(=O)c1ccc(C)cc1. The van der Waals surface area contributed by atoms with Crippen LogP contribution in [0.25, 0.3) is 0 Å². The molecule has 0 aromatic heterocycles. The number of nitrogens with zero attached hydrogens (tertiary/aromatic N) is 2. The van der Waals surface area contributed by atoms with E-state index in [-0.39, 0.29) is 23.4 Å². The van der Waals surface area contributed by atoms with E-state index in [1.54, 1.807) is 54.6 Å². The van der Waals surface area contributed by atoms with Gasteiger partial charge in [-0.3, -0.25) is 13.9 Å². The molecule has 0 spiro atoms. The minimum atomic E-state index is -4.06. The Labute approximate surface area is 232 Å². The Morgan fingerprint density at radius 3 is 2.00 bits per heavy atom. The monoisotopic (exact) mass is 549 g/mol. The molecule has 0 fully saturated rings. The standard InChI is InChI=1S/C31H39N3O4S/c1-5-25(4)32-31(36)29(6-2)33(22-21-26-13-9-7-10-14-26)30(35)23-34(27-15-11-8-12-16-27)39(37,38)28-19-17-24(3)18-20-28/h7-20,25,29H,5-6,21-23H2,1-4H3,(H,32,36). The summed E-state index contributed by atoms with van der Waals surface area (Å²) in [6, 6.07) is 24.1. The molecule has 0 bridgehead atoms. The van der Waals surface area contributed by atoms with Crippen LogP contribution in [0.4, 0.5) is 5.69 Å². The number of carbonyl (C=O) groups is 2. The van der Waals surface area contributed by atoms with Gasteiger partial charge in [-0.15, -0.1) is 0 Å². The van der Waals surface area contributed by atoms with Crippen molar-refractivity contribution >= 4 is 27.5 Å². The quantitative estimate of drug-likeness (QED) is 0.327. The van der Waals surface area contributed by atoms with Crippen LogP contribution >= 0.6 is 0 Å². The molecule has 0 saturated heterocycles. The minimum absolute atomic E-state index is 0.0413. The molecule has 39 heavy (non-hydrogen) atoms. The number of rotatable bonds is 13. The summed E-state index contributed by atoms with van der Waals surface area (Å²) in [6.07, 6.45) is 1.70. The predicted molar refractivity (Wildman–Crippen MR) is 156 cm³/mol. The van der Waals surface area contributed by atoms with Gasteiger partial charge in [0, 0.05) is 12.6 Å². The summed E-state index contributed by atoms with van der Waals surface area (Å²) in [4.78, 5) is 28.9. The van der Waals surface area contributed by atoms with Crippen molar-refractivity contribution in [3.05, 3.63) is 96.1 Å². The van der Waals surface area contributed by atoms with E-state index in [1.165, 1.54) is 4.90 Å². The minimum Gasteiger partial charge on any atom is -0.352 e. The van der Waals surface area contributed by atoms with E-state index in [0.717, 1.165) is 21.9 Å². The number of hydrogen-bond donors (Lipinski definition) is 1. The van der Waals surface area contributed by atoms with Crippen molar-refractivity contribution in [2.75, 3.05) is 17.4 Å². The molecule has 3 aromatic rings. The Balaban J connectivity index is 1.98. The molecular formula is C31H39N3O4S. The first-order valence-corrected chi connectivity index (χ1v) is 14.9. The maximum Gasteiger partial charge on any atom is 0.264 e. The average Bonchev–Trinajstić information content (AvgIpc) is 2.94. The van der Waals surface area contributed by atoms with E-state index in [1.807, 2.05) is 58.0 Å². The van der Waals surface area contributed by atoms with Crippen LogP contribution in [0.15, 0.2) is 89.8 Å². The zero-order chi connectivity index (χ0) is 28.4. The van der Waals surface area contributed by atoms with E-state index < -0.39 is 28.5 Å². The van der Waals surface area contributed by atoms with Crippen LogP contribution in [0.5, 0.6) is 0 Å². The Bertz CT molecular complexity index is 1310. The molecule has 0 aliphatic carbocycles. The van der Waals surface area contributed by atoms with Crippen molar-refractivity contribution < 1.29 is 18.0 Å². The highest BCUT2D eigenvalue weighted by Gasteiger charge is 2.33. The first kappa shape index (κ1) is 29.9. The summed E-state index contributed by atoms with van der Waals surface area (Å²) in [5.74, 6) is -0.669. The van der Waals surface area contributed by atoms with Gasteiger partial charge in [-0.1, -0.05) is 80.1 Å². The zero-order valence-electron chi connectivity index (χ0n) is 23.2. The molecule has 0 saturated carbocycles. The van der Waals surface area contributed by atoms with Gasteiger partial charge in [0.1, 0.15) is 12.6 Å². The highest BCUT2D eigenvalue weighted by atomic mass is 32.2. The van der Waals surface area contributed by atoms with Crippen molar-refractivity contribution in [1.29, 1.82) is 0 Å². The molecule has 0 radical (unpaired) electrons. The third kappa shape index (κ3) is 7.93. The molecule has 8 heteroatoms. The number of aryl methyl sites for hydroxylation is 1. The van der Waals surface area contributed by atoms with Gasteiger partial charge in [0.2, 0.25) is 11.8 Å². The van der Waals surface area contributed by atoms with Crippen LogP contribution in [-0.2, 0) is 26.0 Å². The van der Waals surface area contributed by atoms with Crippen molar-refractivity contribution in [2.24, 2.45) is 0 Å². The first-order valence-electron chi connectivity index (χ1n) is 13.5. The van der Waals surface area contributed by atoms with E-state index in [9.17, 15) is 18.0 Å². The molecular weight excluding hydrogens is 510 g/mol. The van der Waals surface area contributed by atoms with E-state index >= 15 is 0 Å². The van der Waals surface area contributed by atoms with Gasteiger partial charge < -0.3 is 10.2 Å². The third-order valence-corrected chi connectivity index (χ3v) is 8.59. The second kappa shape index (κ2) is 13.9. The molecule has 3 rings (SSSR count). The maximum atomic E-state index is 14.0. The van der Waals surface area contributed by atoms with Crippen LogP contribution in [0.1, 0.15) is 44.7 Å². The fourth-order valence-electron chi connectivity index (χ4n) is 4.30. The van der Waals surface area contributed by atoms with Crippen LogP contribution in [0, 0.1) is 6.92 Å². The summed E-state index contributed by atoms with van der Waals surface area (Å²) in [5, 5.41) is 3.00. The van der Waals surface area contributed by atoms with E-state index in [2.05, 4.69) is 5.32 Å². The van der Waals surface area contributed by atoms with Gasteiger partial charge in [-0.2, -0.15) is 0 Å². The lowest BCUT2D eigenvalue weighted by Gasteiger charge is -2.33. The van der Waals surface area contributed by atoms with Crippen molar-refractivity contribution in [3.8, 4) is 0 Å². The first-order chi connectivity index (χ1) is 18.7. The van der Waals surface area contributed by atoms with E-state index in [4.69, 9.17) is 0 Å². The fourth-order valence-corrected chi connectivity index (χ4v) is 5.71.